The number of carbonyl (C=O) groups is 1. The molecule has 0 bridgehead atoms. The molecule has 0 fully saturated rings. The van der Waals surface area contributed by atoms with E-state index in [-0.39, 0.29) is 11.4 Å². The first-order chi connectivity index (χ1) is 9.03. The topological polar surface area (TPSA) is 67.1 Å². The molecule has 0 atom stereocenters. The minimum atomic E-state index is -0.121. The van der Waals surface area contributed by atoms with E-state index in [1.165, 1.54) is 0 Å². The van der Waals surface area contributed by atoms with Crippen molar-refractivity contribution in [1.82, 2.24) is 10.6 Å². The Kier molecular flexibility index (Phi) is 6.36. The van der Waals surface area contributed by atoms with E-state index < -0.39 is 0 Å². The number of carbonyl (C=O) groups excluding carboxylic acids is 1. The number of urea groups is 1. The molecule has 1 aromatic rings. The average Bonchev–Trinajstić information content (AvgIpc) is 2.42. The third-order valence-electron chi connectivity index (χ3n) is 3.08. The van der Waals surface area contributed by atoms with Crippen LogP contribution >= 0.6 is 0 Å². The smallest absolute Gasteiger partial charge is 0.315 e. The van der Waals surface area contributed by atoms with Crippen molar-refractivity contribution in [3.63, 3.8) is 0 Å². The molecule has 0 saturated heterocycles. The molecule has 4 N–H and O–H groups in total. The standard InChI is InChI=1S/C15H25N3O/c1-15(2,9-6-10-16)12-18-14(19)17-11-13-7-4-3-5-8-13/h3-5,7-8H,6,9-12,16H2,1-2H3,(H2,17,18,19). The molecule has 4 heteroatoms. The highest BCUT2D eigenvalue weighted by Gasteiger charge is 2.17. The summed E-state index contributed by atoms with van der Waals surface area (Å²) in [7, 11) is 0. The van der Waals surface area contributed by atoms with Gasteiger partial charge in [-0.25, -0.2) is 4.79 Å². The third kappa shape index (κ3) is 6.82. The Labute approximate surface area is 115 Å². The van der Waals surface area contributed by atoms with Crippen LogP contribution in [0.1, 0.15) is 32.3 Å². The number of nitrogens with one attached hydrogen (secondary N) is 2. The van der Waals surface area contributed by atoms with Crippen LogP contribution in [-0.2, 0) is 6.54 Å². The Morgan fingerprint density at radius 2 is 1.89 bits per heavy atom. The maximum Gasteiger partial charge on any atom is 0.315 e. The highest BCUT2D eigenvalue weighted by molar-refractivity contribution is 5.73. The van der Waals surface area contributed by atoms with Crippen LogP contribution in [0, 0.1) is 5.41 Å². The summed E-state index contributed by atoms with van der Waals surface area (Å²) in [6.07, 6.45) is 2.00. The first-order valence-electron chi connectivity index (χ1n) is 6.79. The third-order valence-corrected chi connectivity index (χ3v) is 3.08. The fourth-order valence-corrected chi connectivity index (χ4v) is 1.83. The number of rotatable bonds is 7. The van der Waals surface area contributed by atoms with Crippen molar-refractivity contribution in [2.75, 3.05) is 13.1 Å². The molecule has 0 aromatic heterocycles. The molecule has 0 aliphatic carbocycles. The lowest BCUT2D eigenvalue weighted by Crippen LogP contribution is -2.40. The van der Waals surface area contributed by atoms with Crippen molar-refractivity contribution in [3.8, 4) is 0 Å². The average molecular weight is 263 g/mol. The van der Waals surface area contributed by atoms with E-state index >= 15 is 0 Å². The summed E-state index contributed by atoms with van der Waals surface area (Å²) < 4.78 is 0. The first-order valence-corrected chi connectivity index (χ1v) is 6.79. The summed E-state index contributed by atoms with van der Waals surface area (Å²) in [4.78, 5) is 11.7. The second-order valence-corrected chi connectivity index (χ2v) is 5.58. The maximum absolute atomic E-state index is 11.7. The largest absolute Gasteiger partial charge is 0.338 e. The zero-order chi connectivity index (χ0) is 14.1. The van der Waals surface area contributed by atoms with Gasteiger partial charge in [-0.2, -0.15) is 0 Å². The van der Waals surface area contributed by atoms with Gasteiger partial charge in [-0.1, -0.05) is 44.2 Å². The van der Waals surface area contributed by atoms with Gasteiger partial charge in [0.2, 0.25) is 0 Å². The number of amides is 2. The van der Waals surface area contributed by atoms with E-state index in [0.717, 1.165) is 18.4 Å². The van der Waals surface area contributed by atoms with Gasteiger partial charge < -0.3 is 16.4 Å². The van der Waals surface area contributed by atoms with Crippen molar-refractivity contribution in [1.29, 1.82) is 0 Å². The molecule has 106 valence electrons. The van der Waals surface area contributed by atoms with E-state index in [1.807, 2.05) is 30.3 Å². The van der Waals surface area contributed by atoms with Gasteiger partial charge in [0.1, 0.15) is 0 Å². The van der Waals surface area contributed by atoms with Gasteiger partial charge in [0.05, 0.1) is 0 Å². The van der Waals surface area contributed by atoms with Crippen LogP contribution in [0.15, 0.2) is 30.3 Å². The molecule has 0 unspecified atom stereocenters. The summed E-state index contributed by atoms with van der Waals surface area (Å²) in [5.74, 6) is 0. The molecule has 1 aromatic carbocycles. The highest BCUT2D eigenvalue weighted by atomic mass is 16.2. The van der Waals surface area contributed by atoms with E-state index in [1.54, 1.807) is 0 Å². The lowest BCUT2D eigenvalue weighted by molar-refractivity contribution is 0.231. The highest BCUT2D eigenvalue weighted by Crippen LogP contribution is 2.20. The van der Waals surface area contributed by atoms with Gasteiger partial charge in [-0.3, -0.25) is 0 Å². The molecule has 0 saturated carbocycles. The number of hydrogen-bond acceptors (Lipinski definition) is 2. The van der Waals surface area contributed by atoms with Crippen molar-refractivity contribution >= 4 is 6.03 Å². The van der Waals surface area contributed by atoms with Crippen LogP contribution in [0.3, 0.4) is 0 Å². The molecule has 0 heterocycles. The van der Waals surface area contributed by atoms with Crippen LogP contribution in [-0.4, -0.2) is 19.1 Å². The maximum atomic E-state index is 11.7. The normalized spacial score (nSPS) is 11.1. The minimum absolute atomic E-state index is 0.0868. The van der Waals surface area contributed by atoms with Gasteiger partial charge in [0.15, 0.2) is 0 Å². The van der Waals surface area contributed by atoms with Gasteiger partial charge in [-0.05, 0) is 30.4 Å². The predicted molar refractivity (Wildman–Crippen MR) is 78.7 cm³/mol. The SMILES string of the molecule is CC(C)(CCCN)CNC(=O)NCc1ccccc1. The number of nitrogens with two attached hydrogens (primary N) is 1. The summed E-state index contributed by atoms with van der Waals surface area (Å²) in [5, 5.41) is 5.76. The Bertz CT molecular complexity index is 376. The summed E-state index contributed by atoms with van der Waals surface area (Å²) in [5.41, 5.74) is 6.69. The fourth-order valence-electron chi connectivity index (χ4n) is 1.83. The van der Waals surface area contributed by atoms with Crippen LogP contribution in [0.4, 0.5) is 4.79 Å². The lowest BCUT2D eigenvalue weighted by atomic mass is 9.88. The van der Waals surface area contributed by atoms with Gasteiger partial charge in [0, 0.05) is 13.1 Å². The van der Waals surface area contributed by atoms with Crippen LogP contribution in [0.25, 0.3) is 0 Å². The van der Waals surface area contributed by atoms with E-state index in [4.69, 9.17) is 5.73 Å². The summed E-state index contributed by atoms with van der Waals surface area (Å²) >= 11 is 0. The van der Waals surface area contributed by atoms with Crippen LogP contribution in [0.2, 0.25) is 0 Å². The molecular formula is C15H25N3O. The van der Waals surface area contributed by atoms with Crippen molar-refractivity contribution < 1.29 is 4.79 Å². The Balaban J connectivity index is 2.24. The fraction of sp³-hybridized carbons (Fsp3) is 0.533. The molecule has 1 rings (SSSR count). The Morgan fingerprint density at radius 1 is 1.21 bits per heavy atom. The summed E-state index contributed by atoms with van der Waals surface area (Å²) in [6, 6.07) is 9.75. The summed E-state index contributed by atoms with van der Waals surface area (Å²) in [6.45, 7) is 6.19. The van der Waals surface area contributed by atoms with E-state index in [2.05, 4.69) is 24.5 Å². The number of benzene rings is 1. The number of hydrogen-bond donors (Lipinski definition) is 3. The lowest BCUT2D eigenvalue weighted by Gasteiger charge is -2.24. The molecule has 0 aliphatic heterocycles. The zero-order valence-corrected chi connectivity index (χ0v) is 11.9. The molecular weight excluding hydrogens is 238 g/mol. The van der Waals surface area contributed by atoms with Crippen molar-refractivity contribution in [2.45, 2.75) is 33.2 Å². The van der Waals surface area contributed by atoms with Crippen LogP contribution < -0.4 is 16.4 Å². The second kappa shape index (κ2) is 7.79. The predicted octanol–water partition coefficient (Wildman–Crippen LogP) is 2.25. The van der Waals surface area contributed by atoms with Gasteiger partial charge in [0.25, 0.3) is 0 Å². The second-order valence-electron chi connectivity index (χ2n) is 5.58. The molecule has 0 aliphatic rings. The molecule has 0 radical (unpaired) electrons. The minimum Gasteiger partial charge on any atom is -0.338 e. The van der Waals surface area contributed by atoms with Crippen LogP contribution in [0.5, 0.6) is 0 Å². The Hall–Kier alpha value is -1.55. The molecule has 0 spiro atoms. The van der Waals surface area contributed by atoms with E-state index in [9.17, 15) is 4.79 Å². The van der Waals surface area contributed by atoms with Crippen molar-refractivity contribution in [2.24, 2.45) is 11.1 Å². The molecule has 4 nitrogen and oxygen atoms in total. The van der Waals surface area contributed by atoms with E-state index in [0.29, 0.717) is 19.6 Å². The Morgan fingerprint density at radius 3 is 2.53 bits per heavy atom. The van der Waals surface area contributed by atoms with Gasteiger partial charge in [-0.15, -0.1) is 0 Å². The van der Waals surface area contributed by atoms with Crippen molar-refractivity contribution in [3.05, 3.63) is 35.9 Å². The monoisotopic (exact) mass is 263 g/mol. The first kappa shape index (κ1) is 15.5. The van der Waals surface area contributed by atoms with Gasteiger partial charge >= 0.3 is 6.03 Å². The zero-order valence-electron chi connectivity index (χ0n) is 11.9. The molecule has 2 amide bonds. The quantitative estimate of drug-likeness (QED) is 0.706. The molecule has 19 heavy (non-hydrogen) atoms.